The Kier molecular flexibility index (Phi) is 3.37. The highest BCUT2D eigenvalue weighted by Crippen LogP contribution is 2.41. The van der Waals surface area contributed by atoms with Gasteiger partial charge in [-0.1, -0.05) is 0 Å². The molecule has 0 radical (unpaired) electrons. The molecule has 2 aliphatic heterocycles. The number of aliphatic hydroxyl groups excluding tert-OH is 1. The van der Waals surface area contributed by atoms with E-state index in [9.17, 15) is 9.50 Å². The molecule has 1 aromatic carbocycles. The van der Waals surface area contributed by atoms with Gasteiger partial charge in [-0.2, -0.15) is 0 Å². The second-order valence-corrected chi connectivity index (χ2v) is 6.83. The quantitative estimate of drug-likeness (QED) is 0.635. The van der Waals surface area contributed by atoms with Crippen LogP contribution in [0.15, 0.2) is 6.07 Å². The number of aryl methyl sites for hydroxylation is 2. The van der Waals surface area contributed by atoms with Gasteiger partial charge in [-0.15, -0.1) is 0 Å². The molecule has 6 heteroatoms. The predicted octanol–water partition coefficient (Wildman–Crippen LogP) is 1.67. The van der Waals surface area contributed by atoms with Crippen molar-refractivity contribution in [2.45, 2.75) is 32.5 Å². The molecule has 0 amide bonds. The first-order valence-electron chi connectivity index (χ1n) is 8.21. The Morgan fingerprint density at radius 2 is 2.17 bits per heavy atom. The Labute approximate surface area is 134 Å². The summed E-state index contributed by atoms with van der Waals surface area (Å²) in [5.74, 6) is 0.288. The van der Waals surface area contributed by atoms with Gasteiger partial charge < -0.3 is 26.0 Å². The molecule has 5 N–H and O–H groups in total. The third-order valence-corrected chi connectivity index (χ3v) is 5.59. The van der Waals surface area contributed by atoms with Crippen LogP contribution in [0.1, 0.15) is 29.5 Å². The highest BCUT2D eigenvalue weighted by atomic mass is 19.1. The number of hydrogen-bond acceptors (Lipinski definition) is 4. The average Bonchev–Trinajstić information content (AvgIpc) is 3.16. The van der Waals surface area contributed by atoms with Crippen molar-refractivity contribution in [3.8, 4) is 0 Å². The number of rotatable bonds is 2. The molecule has 4 rings (SSSR count). The van der Waals surface area contributed by atoms with Gasteiger partial charge in [0.25, 0.3) is 0 Å². The Hall–Kier alpha value is -1.63. The van der Waals surface area contributed by atoms with Gasteiger partial charge in [-0.25, -0.2) is 4.39 Å². The lowest BCUT2D eigenvalue weighted by molar-refractivity contribution is 0.187. The third-order valence-electron chi connectivity index (χ3n) is 5.59. The van der Waals surface area contributed by atoms with Gasteiger partial charge in [0.1, 0.15) is 12.0 Å². The van der Waals surface area contributed by atoms with Crippen LogP contribution in [0, 0.1) is 25.6 Å². The van der Waals surface area contributed by atoms with Gasteiger partial charge in [0, 0.05) is 42.3 Å². The fraction of sp³-hybridized carbons (Fsp3) is 0.529. The molecule has 2 aromatic rings. The summed E-state index contributed by atoms with van der Waals surface area (Å²) in [6, 6.07) is 1.73. The molecule has 0 aliphatic carbocycles. The minimum atomic E-state index is -1.20. The molecule has 1 aromatic heterocycles. The Morgan fingerprint density at radius 1 is 1.39 bits per heavy atom. The van der Waals surface area contributed by atoms with Crippen LogP contribution < -0.4 is 16.0 Å². The molecule has 2 fully saturated rings. The van der Waals surface area contributed by atoms with Crippen molar-refractivity contribution in [3.05, 3.63) is 28.7 Å². The molecule has 3 atom stereocenters. The van der Waals surface area contributed by atoms with Gasteiger partial charge >= 0.3 is 0 Å². The van der Waals surface area contributed by atoms with Gasteiger partial charge in [0.15, 0.2) is 0 Å². The SMILES string of the molecule is Cc1[nH]c2c(C(N)O)cc(F)c(N3CCC4CNCC43)c2c1C. The average molecular weight is 318 g/mol. The van der Waals surface area contributed by atoms with E-state index < -0.39 is 6.23 Å². The molecule has 2 aliphatic rings. The van der Waals surface area contributed by atoms with Crippen LogP contribution in [-0.4, -0.2) is 35.8 Å². The maximum atomic E-state index is 15.0. The summed E-state index contributed by atoms with van der Waals surface area (Å²) < 4.78 is 15.0. The lowest BCUT2D eigenvalue weighted by Crippen LogP contribution is -2.35. The molecule has 23 heavy (non-hydrogen) atoms. The minimum Gasteiger partial charge on any atom is -0.374 e. The summed E-state index contributed by atoms with van der Waals surface area (Å²) in [7, 11) is 0. The fourth-order valence-corrected chi connectivity index (χ4v) is 4.27. The van der Waals surface area contributed by atoms with Gasteiger partial charge in [-0.05, 0) is 37.8 Å². The monoisotopic (exact) mass is 318 g/mol. The molecule has 0 saturated carbocycles. The van der Waals surface area contributed by atoms with Crippen LogP contribution in [0.4, 0.5) is 10.1 Å². The van der Waals surface area contributed by atoms with Crippen LogP contribution >= 0.6 is 0 Å². The first-order valence-corrected chi connectivity index (χ1v) is 8.21. The summed E-state index contributed by atoms with van der Waals surface area (Å²) >= 11 is 0. The number of halogens is 1. The molecule has 3 heterocycles. The number of H-pyrrole nitrogens is 1. The maximum absolute atomic E-state index is 15.0. The van der Waals surface area contributed by atoms with E-state index in [1.165, 1.54) is 6.07 Å². The van der Waals surface area contributed by atoms with Crippen molar-refractivity contribution in [1.29, 1.82) is 0 Å². The van der Waals surface area contributed by atoms with Crippen LogP contribution in [0.2, 0.25) is 0 Å². The van der Waals surface area contributed by atoms with E-state index >= 15 is 0 Å². The number of nitrogens with two attached hydrogens (primary N) is 1. The summed E-state index contributed by atoms with van der Waals surface area (Å²) in [6.45, 7) is 6.74. The highest BCUT2D eigenvalue weighted by molar-refractivity contribution is 5.99. The van der Waals surface area contributed by atoms with E-state index in [0.29, 0.717) is 23.2 Å². The molecule has 2 saturated heterocycles. The lowest BCUT2D eigenvalue weighted by Gasteiger charge is -2.28. The number of anilines is 1. The number of aliphatic hydroxyl groups is 1. The van der Waals surface area contributed by atoms with Gasteiger partial charge in [0.2, 0.25) is 0 Å². The van der Waals surface area contributed by atoms with Crippen LogP contribution in [0.5, 0.6) is 0 Å². The Morgan fingerprint density at radius 3 is 2.91 bits per heavy atom. The second kappa shape index (κ2) is 5.19. The Bertz CT molecular complexity index is 770. The smallest absolute Gasteiger partial charge is 0.147 e. The zero-order valence-electron chi connectivity index (χ0n) is 13.5. The molecule has 5 nitrogen and oxygen atoms in total. The fourth-order valence-electron chi connectivity index (χ4n) is 4.27. The van der Waals surface area contributed by atoms with Crippen LogP contribution in [-0.2, 0) is 0 Å². The normalized spacial score (nSPS) is 25.3. The topological polar surface area (TPSA) is 77.3 Å². The van der Waals surface area contributed by atoms with Gasteiger partial charge in [-0.3, -0.25) is 0 Å². The molecule has 124 valence electrons. The standard InChI is InChI=1S/C17H23FN4O/c1-8-9(2)21-15-11(17(19)23)5-12(18)16(14(8)15)22-4-3-10-6-20-7-13(10)22/h5,10,13,17,20-21,23H,3-4,6-7,19H2,1-2H3. The molecular formula is C17H23FN4O. The zero-order chi connectivity index (χ0) is 16.3. The number of nitrogens with zero attached hydrogens (tertiary/aromatic N) is 1. The van der Waals surface area contributed by atoms with Crippen LogP contribution in [0.3, 0.4) is 0 Å². The molecule has 0 spiro atoms. The number of aromatic nitrogens is 1. The summed E-state index contributed by atoms with van der Waals surface area (Å²) in [5, 5.41) is 14.1. The van der Waals surface area contributed by atoms with Crippen molar-refractivity contribution >= 4 is 16.6 Å². The highest BCUT2D eigenvalue weighted by Gasteiger charge is 2.39. The van der Waals surface area contributed by atoms with E-state index in [4.69, 9.17) is 5.73 Å². The largest absolute Gasteiger partial charge is 0.374 e. The predicted molar refractivity (Wildman–Crippen MR) is 89.0 cm³/mol. The zero-order valence-corrected chi connectivity index (χ0v) is 13.5. The number of fused-ring (bicyclic) bond motifs is 2. The van der Waals surface area contributed by atoms with E-state index in [-0.39, 0.29) is 5.82 Å². The van der Waals surface area contributed by atoms with E-state index in [2.05, 4.69) is 15.2 Å². The van der Waals surface area contributed by atoms with E-state index in [0.717, 1.165) is 48.2 Å². The van der Waals surface area contributed by atoms with Crippen LogP contribution in [0.25, 0.3) is 10.9 Å². The molecule has 3 unspecified atom stereocenters. The second-order valence-electron chi connectivity index (χ2n) is 6.83. The van der Waals surface area contributed by atoms with E-state index in [1.54, 1.807) is 0 Å². The minimum absolute atomic E-state index is 0.299. The lowest BCUT2D eigenvalue weighted by atomic mass is 10.0. The number of aromatic amines is 1. The summed E-state index contributed by atoms with van der Waals surface area (Å²) in [6.07, 6.45) is -0.111. The van der Waals surface area contributed by atoms with Crippen molar-refractivity contribution in [1.82, 2.24) is 10.3 Å². The van der Waals surface area contributed by atoms with E-state index in [1.807, 2.05) is 13.8 Å². The van der Waals surface area contributed by atoms with Crippen molar-refractivity contribution in [2.75, 3.05) is 24.5 Å². The maximum Gasteiger partial charge on any atom is 0.147 e. The first kappa shape index (κ1) is 14.9. The van der Waals surface area contributed by atoms with Crippen molar-refractivity contribution in [3.63, 3.8) is 0 Å². The number of hydrogen-bond donors (Lipinski definition) is 4. The van der Waals surface area contributed by atoms with Crippen molar-refractivity contribution < 1.29 is 9.50 Å². The summed E-state index contributed by atoms with van der Waals surface area (Å²) in [4.78, 5) is 5.48. The number of nitrogens with one attached hydrogen (secondary N) is 2. The number of benzene rings is 1. The third kappa shape index (κ3) is 2.09. The van der Waals surface area contributed by atoms with Crippen molar-refractivity contribution in [2.24, 2.45) is 11.7 Å². The molecule has 0 bridgehead atoms. The van der Waals surface area contributed by atoms with Gasteiger partial charge in [0.05, 0.1) is 11.2 Å². The first-order chi connectivity index (χ1) is 11.0. The summed E-state index contributed by atoms with van der Waals surface area (Å²) in [5.41, 5.74) is 9.46. The molecular weight excluding hydrogens is 295 g/mol. The Balaban J connectivity index is 1.96.